The van der Waals surface area contributed by atoms with Crippen LogP contribution in [0.2, 0.25) is 0 Å². The Morgan fingerprint density at radius 2 is 1.45 bits per heavy atom. The molecule has 0 saturated heterocycles. The molecule has 1 aromatic rings. The van der Waals surface area contributed by atoms with Crippen molar-refractivity contribution in [3.8, 4) is 0 Å². The van der Waals surface area contributed by atoms with Crippen LogP contribution < -0.4 is 5.32 Å². The SMILES string of the molecule is O=Cc1c(F)c(F)c(NC2C3C=CC2CC3)c(F)c1F. The summed E-state index contributed by atoms with van der Waals surface area (Å²) in [6, 6.07) is -0.264. The second-order valence-electron chi connectivity index (χ2n) is 5.12. The van der Waals surface area contributed by atoms with Gasteiger partial charge >= 0.3 is 0 Å². The summed E-state index contributed by atoms with van der Waals surface area (Å²) in [7, 11) is 0. The van der Waals surface area contributed by atoms with Crippen LogP contribution in [0, 0.1) is 35.1 Å². The van der Waals surface area contributed by atoms with Crippen LogP contribution in [0.5, 0.6) is 0 Å². The third-order valence-corrected chi connectivity index (χ3v) is 4.09. The number of fused-ring (bicyclic) bond motifs is 2. The van der Waals surface area contributed by atoms with Crippen molar-refractivity contribution in [1.29, 1.82) is 0 Å². The minimum absolute atomic E-state index is 0.107. The van der Waals surface area contributed by atoms with E-state index in [0.717, 1.165) is 12.8 Å². The number of rotatable bonds is 3. The Balaban J connectivity index is 2.00. The third kappa shape index (κ3) is 1.74. The number of hydrogen-bond acceptors (Lipinski definition) is 2. The zero-order valence-electron chi connectivity index (χ0n) is 10.3. The average molecular weight is 285 g/mol. The first-order chi connectivity index (χ1) is 9.54. The van der Waals surface area contributed by atoms with Crippen LogP contribution in [0.4, 0.5) is 23.2 Å². The maximum atomic E-state index is 13.8. The minimum atomic E-state index is -1.67. The van der Waals surface area contributed by atoms with Crippen molar-refractivity contribution in [1.82, 2.24) is 0 Å². The van der Waals surface area contributed by atoms with E-state index in [1.54, 1.807) is 0 Å². The summed E-state index contributed by atoms with van der Waals surface area (Å²) in [6.07, 6.45) is 5.39. The number of carbonyl (C=O) groups excluding carboxylic acids is 1. The van der Waals surface area contributed by atoms with Crippen LogP contribution in [0.3, 0.4) is 0 Å². The molecule has 1 fully saturated rings. The molecule has 6 heteroatoms. The van der Waals surface area contributed by atoms with Gasteiger partial charge in [0.25, 0.3) is 0 Å². The lowest BCUT2D eigenvalue weighted by atomic mass is 10.0. The molecule has 1 aromatic carbocycles. The molecule has 1 saturated carbocycles. The zero-order chi connectivity index (χ0) is 14.4. The van der Waals surface area contributed by atoms with Gasteiger partial charge in [-0.1, -0.05) is 12.2 Å². The van der Waals surface area contributed by atoms with Gasteiger partial charge in [0.05, 0.1) is 5.56 Å². The highest BCUT2D eigenvalue weighted by atomic mass is 19.2. The fourth-order valence-corrected chi connectivity index (χ4v) is 3.04. The monoisotopic (exact) mass is 285 g/mol. The van der Waals surface area contributed by atoms with E-state index >= 15 is 0 Å². The maximum Gasteiger partial charge on any atom is 0.185 e. The molecule has 2 unspecified atom stereocenters. The molecule has 0 aromatic heterocycles. The average Bonchev–Trinajstić information content (AvgIpc) is 3.01. The van der Waals surface area contributed by atoms with Gasteiger partial charge in [0.15, 0.2) is 29.6 Å². The highest BCUT2D eigenvalue weighted by Gasteiger charge is 2.39. The Bertz CT molecular complexity index is 571. The summed E-state index contributed by atoms with van der Waals surface area (Å²) < 4.78 is 54.6. The standard InChI is InChI=1S/C14H11F4NO/c15-9-8(5-20)10(16)12(18)14(11(9)17)19-13-6-1-2-7(13)4-3-6/h1-2,5-7,13,19H,3-4H2. The van der Waals surface area contributed by atoms with Gasteiger partial charge in [0, 0.05) is 6.04 Å². The van der Waals surface area contributed by atoms with E-state index < -0.39 is 34.5 Å². The summed E-state index contributed by atoms with van der Waals surface area (Å²) in [6.45, 7) is 0. The fourth-order valence-electron chi connectivity index (χ4n) is 3.04. The van der Waals surface area contributed by atoms with Crippen molar-refractivity contribution in [3.63, 3.8) is 0 Å². The normalized spacial score (nSPS) is 27.1. The predicted octanol–water partition coefficient (Wildman–Crippen LogP) is 3.43. The molecular formula is C14H11F4NO. The van der Waals surface area contributed by atoms with Gasteiger partial charge in [-0.2, -0.15) is 0 Å². The van der Waals surface area contributed by atoms with E-state index in [2.05, 4.69) is 5.32 Å². The molecule has 2 aliphatic rings. The lowest BCUT2D eigenvalue weighted by Gasteiger charge is -2.20. The quantitative estimate of drug-likeness (QED) is 0.399. The largest absolute Gasteiger partial charge is 0.376 e. The van der Waals surface area contributed by atoms with Gasteiger partial charge < -0.3 is 5.32 Å². The van der Waals surface area contributed by atoms with E-state index in [1.165, 1.54) is 0 Å². The van der Waals surface area contributed by atoms with E-state index in [1.807, 2.05) is 12.2 Å². The molecule has 2 bridgehead atoms. The Labute approximate surface area is 112 Å². The number of nitrogens with one attached hydrogen (secondary N) is 1. The Kier molecular flexibility index (Phi) is 3.03. The molecule has 0 heterocycles. The maximum absolute atomic E-state index is 13.8. The molecule has 2 atom stereocenters. The van der Waals surface area contributed by atoms with Crippen molar-refractivity contribution in [2.75, 3.05) is 5.32 Å². The Hall–Kier alpha value is -1.85. The summed E-state index contributed by atoms with van der Waals surface area (Å²) in [5, 5.41) is 2.56. The molecule has 2 nitrogen and oxygen atoms in total. The van der Waals surface area contributed by atoms with Crippen molar-refractivity contribution in [2.24, 2.45) is 11.8 Å². The van der Waals surface area contributed by atoms with Crippen LogP contribution >= 0.6 is 0 Å². The van der Waals surface area contributed by atoms with Crippen molar-refractivity contribution < 1.29 is 22.4 Å². The molecular weight excluding hydrogens is 274 g/mol. The van der Waals surface area contributed by atoms with Gasteiger partial charge in [0.2, 0.25) is 0 Å². The molecule has 106 valence electrons. The van der Waals surface area contributed by atoms with Crippen LogP contribution in [-0.2, 0) is 0 Å². The molecule has 0 radical (unpaired) electrons. The highest BCUT2D eigenvalue weighted by molar-refractivity contribution is 5.77. The molecule has 0 spiro atoms. The molecule has 2 aliphatic carbocycles. The van der Waals surface area contributed by atoms with E-state index in [0.29, 0.717) is 0 Å². The van der Waals surface area contributed by atoms with Crippen LogP contribution in [-0.4, -0.2) is 12.3 Å². The first kappa shape index (κ1) is 13.1. The van der Waals surface area contributed by atoms with E-state index in [9.17, 15) is 22.4 Å². The second-order valence-corrected chi connectivity index (χ2v) is 5.12. The van der Waals surface area contributed by atoms with Crippen LogP contribution in [0.25, 0.3) is 0 Å². The van der Waals surface area contributed by atoms with Crippen molar-refractivity contribution in [2.45, 2.75) is 18.9 Å². The lowest BCUT2D eigenvalue weighted by molar-refractivity contribution is 0.111. The number of aldehydes is 1. The first-order valence-corrected chi connectivity index (χ1v) is 6.30. The first-order valence-electron chi connectivity index (χ1n) is 6.30. The summed E-state index contributed by atoms with van der Waals surface area (Å²) in [5.41, 5.74) is -2.06. The third-order valence-electron chi connectivity index (χ3n) is 4.09. The van der Waals surface area contributed by atoms with Gasteiger partial charge in [-0.15, -0.1) is 0 Å². The number of carbonyl (C=O) groups is 1. The Morgan fingerprint density at radius 3 is 1.85 bits per heavy atom. The number of hydrogen-bond donors (Lipinski definition) is 1. The topological polar surface area (TPSA) is 29.1 Å². The second kappa shape index (κ2) is 4.61. The predicted molar refractivity (Wildman–Crippen MR) is 64.4 cm³/mol. The summed E-state index contributed by atoms with van der Waals surface area (Å²) in [5.74, 6) is -6.24. The summed E-state index contributed by atoms with van der Waals surface area (Å²) in [4.78, 5) is 10.5. The summed E-state index contributed by atoms with van der Waals surface area (Å²) >= 11 is 0. The van der Waals surface area contributed by atoms with Gasteiger partial charge in [0.1, 0.15) is 5.69 Å². The number of benzene rings is 1. The Morgan fingerprint density at radius 1 is 0.950 bits per heavy atom. The molecule has 0 amide bonds. The molecule has 0 aliphatic heterocycles. The molecule has 20 heavy (non-hydrogen) atoms. The number of halogens is 4. The fraction of sp³-hybridized carbons (Fsp3) is 0.357. The van der Waals surface area contributed by atoms with Crippen molar-refractivity contribution in [3.05, 3.63) is 41.0 Å². The van der Waals surface area contributed by atoms with Gasteiger partial charge in [-0.3, -0.25) is 4.79 Å². The zero-order valence-corrected chi connectivity index (χ0v) is 10.3. The molecule has 1 N–H and O–H groups in total. The van der Waals surface area contributed by atoms with Crippen LogP contribution in [0.1, 0.15) is 23.2 Å². The van der Waals surface area contributed by atoms with Gasteiger partial charge in [-0.05, 0) is 24.7 Å². The number of anilines is 1. The highest BCUT2D eigenvalue weighted by Crippen LogP contribution is 2.42. The van der Waals surface area contributed by atoms with Crippen LogP contribution in [0.15, 0.2) is 12.2 Å². The smallest absolute Gasteiger partial charge is 0.185 e. The molecule has 3 rings (SSSR count). The van der Waals surface area contributed by atoms with E-state index in [-0.39, 0.29) is 24.2 Å². The minimum Gasteiger partial charge on any atom is -0.376 e. The lowest BCUT2D eigenvalue weighted by Crippen LogP contribution is -2.27. The van der Waals surface area contributed by atoms with Crippen molar-refractivity contribution >= 4 is 12.0 Å². The van der Waals surface area contributed by atoms with E-state index in [4.69, 9.17) is 0 Å². The van der Waals surface area contributed by atoms with Gasteiger partial charge in [-0.25, -0.2) is 17.6 Å².